The van der Waals surface area contributed by atoms with Crippen LogP contribution in [0, 0.1) is 5.92 Å². The van der Waals surface area contributed by atoms with E-state index in [0.29, 0.717) is 12.7 Å². The Morgan fingerprint density at radius 3 is 2.86 bits per heavy atom. The Bertz CT molecular complexity index is 556. The van der Waals surface area contributed by atoms with Gasteiger partial charge in [0.1, 0.15) is 5.37 Å². The fourth-order valence-electron chi connectivity index (χ4n) is 3.45. The second kappa shape index (κ2) is 5.44. The summed E-state index contributed by atoms with van der Waals surface area (Å²) in [6.45, 7) is 1.15. The predicted molar refractivity (Wildman–Crippen MR) is 81.4 cm³/mol. The number of benzene rings is 1. The van der Waals surface area contributed by atoms with Crippen LogP contribution in [0.5, 0.6) is 11.5 Å². The first kappa shape index (κ1) is 13.3. The molecule has 1 amide bonds. The van der Waals surface area contributed by atoms with E-state index in [2.05, 4.69) is 11.0 Å². The highest BCUT2D eigenvalue weighted by atomic mass is 32.2. The lowest BCUT2D eigenvalue weighted by Gasteiger charge is -2.27. The first-order valence-corrected chi connectivity index (χ1v) is 8.69. The van der Waals surface area contributed by atoms with E-state index in [0.717, 1.165) is 42.2 Å². The van der Waals surface area contributed by atoms with E-state index in [1.807, 2.05) is 23.9 Å². The average molecular weight is 305 g/mol. The predicted octanol–water partition coefficient (Wildman–Crippen LogP) is 3.18. The van der Waals surface area contributed by atoms with E-state index >= 15 is 0 Å². The average Bonchev–Trinajstić information content (AvgIpc) is 3.24. The zero-order valence-corrected chi connectivity index (χ0v) is 12.7. The summed E-state index contributed by atoms with van der Waals surface area (Å²) >= 11 is 1.84. The van der Waals surface area contributed by atoms with Crippen molar-refractivity contribution in [2.45, 2.75) is 31.1 Å². The van der Waals surface area contributed by atoms with Crippen LogP contribution in [0.25, 0.3) is 0 Å². The number of thioether (sulfide) groups is 1. The van der Waals surface area contributed by atoms with Gasteiger partial charge >= 0.3 is 0 Å². The number of nitrogens with zero attached hydrogens (tertiary/aromatic N) is 1. The van der Waals surface area contributed by atoms with Crippen LogP contribution in [-0.2, 0) is 4.79 Å². The highest BCUT2D eigenvalue weighted by molar-refractivity contribution is 7.99. The van der Waals surface area contributed by atoms with E-state index in [9.17, 15) is 4.79 Å². The van der Waals surface area contributed by atoms with Crippen LogP contribution in [-0.4, -0.2) is 29.9 Å². The Kier molecular flexibility index (Phi) is 3.45. The summed E-state index contributed by atoms with van der Waals surface area (Å²) in [4.78, 5) is 14.8. The number of carbonyl (C=O) groups is 1. The third kappa shape index (κ3) is 2.37. The van der Waals surface area contributed by atoms with Crippen molar-refractivity contribution in [2.24, 2.45) is 5.92 Å². The Labute approximate surface area is 128 Å². The highest BCUT2D eigenvalue weighted by Gasteiger charge is 2.36. The van der Waals surface area contributed by atoms with Crippen molar-refractivity contribution in [3.8, 4) is 11.5 Å². The smallest absolute Gasteiger partial charge is 0.231 e. The lowest BCUT2D eigenvalue weighted by molar-refractivity contribution is -0.135. The number of fused-ring (bicyclic) bond motifs is 1. The molecule has 1 unspecified atom stereocenters. The van der Waals surface area contributed by atoms with Gasteiger partial charge in [0.05, 0.1) is 0 Å². The van der Waals surface area contributed by atoms with Crippen LogP contribution in [0.3, 0.4) is 0 Å². The molecule has 0 radical (unpaired) electrons. The molecule has 4 nitrogen and oxygen atoms in total. The molecule has 1 aromatic carbocycles. The van der Waals surface area contributed by atoms with Crippen molar-refractivity contribution in [2.75, 3.05) is 19.1 Å². The van der Waals surface area contributed by atoms with Crippen LogP contribution >= 0.6 is 11.8 Å². The van der Waals surface area contributed by atoms with Crippen molar-refractivity contribution in [3.63, 3.8) is 0 Å². The molecule has 2 aliphatic heterocycles. The molecule has 4 rings (SSSR count). The lowest BCUT2D eigenvalue weighted by Crippen LogP contribution is -2.34. The molecule has 3 aliphatic rings. The number of hydrogen-bond donors (Lipinski definition) is 0. The molecule has 0 bridgehead atoms. The SMILES string of the molecule is O=C(C1CCCC1)N1CCSC1c1ccc2c(c1)OCO2. The molecule has 1 aliphatic carbocycles. The van der Waals surface area contributed by atoms with Crippen molar-refractivity contribution >= 4 is 17.7 Å². The lowest BCUT2D eigenvalue weighted by atomic mass is 10.1. The van der Waals surface area contributed by atoms with Crippen LogP contribution in [0.4, 0.5) is 0 Å². The quantitative estimate of drug-likeness (QED) is 0.841. The van der Waals surface area contributed by atoms with Crippen LogP contribution < -0.4 is 9.47 Å². The molecule has 2 fully saturated rings. The van der Waals surface area contributed by atoms with Crippen LogP contribution in [0.1, 0.15) is 36.6 Å². The van der Waals surface area contributed by atoms with E-state index in [1.165, 1.54) is 12.8 Å². The van der Waals surface area contributed by atoms with E-state index in [1.54, 1.807) is 0 Å². The van der Waals surface area contributed by atoms with Gasteiger partial charge in [-0.15, -0.1) is 11.8 Å². The van der Waals surface area contributed by atoms with Gasteiger partial charge in [-0.1, -0.05) is 18.9 Å². The summed E-state index contributed by atoms with van der Waals surface area (Å²) in [7, 11) is 0. The Hall–Kier alpha value is -1.36. The molecular weight excluding hydrogens is 286 g/mol. The normalized spacial score (nSPS) is 24.8. The zero-order chi connectivity index (χ0) is 14.2. The number of rotatable bonds is 2. The van der Waals surface area contributed by atoms with Gasteiger partial charge in [0, 0.05) is 18.2 Å². The maximum absolute atomic E-state index is 12.7. The molecule has 1 saturated carbocycles. The van der Waals surface area contributed by atoms with Gasteiger partial charge < -0.3 is 14.4 Å². The molecule has 2 heterocycles. The molecule has 0 spiro atoms. The number of carbonyl (C=O) groups excluding carboxylic acids is 1. The number of amides is 1. The molecule has 112 valence electrons. The first-order chi connectivity index (χ1) is 10.3. The molecule has 21 heavy (non-hydrogen) atoms. The first-order valence-electron chi connectivity index (χ1n) is 7.64. The Morgan fingerprint density at radius 2 is 2.00 bits per heavy atom. The monoisotopic (exact) mass is 305 g/mol. The van der Waals surface area contributed by atoms with Gasteiger partial charge in [-0.3, -0.25) is 4.79 Å². The van der Waals surface area contributed by atoms with Crippen molar-refractivity contribution in [1.82, 2.24) is 4.90 Å². The van der Waals surface area contributed by atoms with Crippen molar-refractivity contribution in [1.29, 1.82) is 0 Å². The van der Waals surface area contributed by atoms with Gasteiger partial charge in [-0.05, 0) is 30.5 Å². The standard InChI is InChI=1S/C16H19NO3S/c18-15(11-3-1-2-4-11)17-7-8-21-16(17)12-5-6-13-14(9-12)20-10-19-13/h5-6,9,11,16H,1-4,7-8,10H2. The second-order valence-corrected chi connectivity index (χ2v) is 7.04. The molecule has 1 atom stereocenters. The van der Waals surface area contributed by atoms with Gasteiger partial charge in [-0.25, -0.2) is 0 Å². The Morgan fingerprint density at radius 1 is 1.19 bits per heavy atom. The molecule has 0 N–H and O–H groups in total. The fourth-order valence-corrected chi connectivity index (χ4v) is 4.70. The van der Waals surface area contributed by atoms with Gasteiger partial charge in [-0.2, -0.15) is 0 Å². The minimum Gasteiger partial charge on any atom is -0.454 e. The molecule has 5 heteroatoms. The minimum absolute atomic E-state index is 0.132. The summed E-state index contributed by atoms with van der Waals surface area (Å²) in [6, 6.07) is 6.04. The van der Waals surface area contributed by atoms with Gasteiger partial charge in [0.15, 0.2) is 11.5 Å². The number of hydrogen-bond acceptors (Lipinski definition) is 4. The summed E-state index contributed by atoms with van der Waals surface area (Å²) in [6.07, 6.45) is 4.53. The summed E-state index contributed by atoms with van der Waals surface area (Å²) in [5.74, 6) is 3.21. The van der Waals surface area contributed by atoms with Crippen LogP contribution in [0.2, 0.25) is 0 Å². The summed E-state index contributed by atoms with van der Waals surface area (Å²) in [5.41, 5.74) is 1.15. The van der Waals surface area contributed by atoms with Gasteiger partial charge in [0.25, 0.3) is 0 Å². The molecular formula is C16H19NO3S. The van der Waals surface area contributed by atoms with Crippen LogP contribution in [0.15, 0.2) is 18.2 Å². The third-order valence-corrected chi connectivity index (χ3v) is 5.82. The maximum Gasteiger partial charge on any atom is 0.231 e. The van der Waals surface area contributed by atoms with Gasteiger partial charge in [0.2, 0.25) is 12.7 Å². The highest BCUT2D eigenvalue weighted by Crippen LogP contribution is 2.43. The molecule has 1 aromatic rings. The number of ether oxygens (including phenoxy) is 2. The summed E-state index contributed by atoms with van der Waals surface area (Å²) in [5, 5.41) is 0.132. The largest absolute Gasteiger partial charge is 0.454 e. The second-order valence-electron chi connectivity index (χ2n) is 5.85. The Balaban J connectivity index is 1.57. The van der Waals surface area contributed by atoms with E-state index in [-0.39, 0.29) is 11.3 Å². The van der Waals surface area contributed by atoms with Crippen molar-refractivity contribution in [3.05, 3.63) is 23.8 Å². The molecule has 0 aromatic heterocycles. The van der Waals surface area contributed by atoms with Crippen molar-refractivity contribution < 1.29 is 14.3 Å². The van der Waals surface area contributed by atoms with E-state index < -0.39 is 0 Å². The maximum atomic E-state index is 12.7. The molecule has 1 saturated heterocycles. The van der Waals surface area contributed by atoms with E-state index in [4.69, 9.17) is 9.47 Å². The fraction of sp³-hybridized carbons (Fsp3) is 0.562. The third-order valence-electron chi connectivity index (χ3n) is 4.56. The summed E-state index contributed by atoms with van der Waals surface area (Å²) < 4.78 is 10.8. The zero-order valence-electron chi connectivity index (χ0n) is 11.9. The minimum atomic E-state index is 0.132. The topological polar surface area (TPSA) is 38.8 Å².